The number of nitrogens with zero attached hydrogens (tertiary/aromatic N) is 5. The molecule has 2 rings (SSSR count). The number of hydrazine groups is 1. The molecule has 7 nitrogen and oxygen atoms in total. The standard InChI is InChI=1S/C14H27N7/c1-3-8-20(9-4-2)13-16-12(19-15)17-14(18-13)21-10-6-5-7-11-21/h3-11,15H2,1-2H3,(H,16,17,18,19). The summed E-state index contributed by atoms with van der Waals surface area (Å²) >= 11 is 0. The van der Waals surface area contributed by atoms with Crippen LogP contribution in [0.5, 0.6) is 0 Å². The number of nitrogens with one attached hydrogen (secondary N) is 1. The number of nitrogens with two attached hydrogens (primary N) is 1. The maximum atomic E-state index is 5.53. The lowest BCUT2D eigenvalue weighted by atomic mass is 10.1. The van der Waals surface area contributed by atoms with Gasteiger partial charge in [-0.05, 0) is 32.1 Å². The van der Waals surface area contributed by atoms with E-state index in [-0.39, 0.29) is 0 Å². The molecule has 0 aromatic carbocycles. The van der Waals surface area contributed by atoms with Crippen LogP contribution in [-0.4, -0.2) is 41.1 Å². The zero-order valence-electron chi connectivity index (χ0n) is 13.2. The van der Waals surface area contributed by atoms with Crippen molar-refractivity contribution < 1.29 is 0 Å². The fourth-order valence-corrected chi connectivity index (χ4v) is 2.65. The van der Waals surface area contributed by atoms with Gasteiger partial charge in [0.15, 0.2) is 0 Å². The third kappa shape index (κ3) is 4.17. The number of piperidine rings is 1. The minimum Gasteiger partial charge on any atom is -0.341 e. The van der Waals surface area contributed by atoms with E-state index in [0.29, 0.717) is 5.95 Å². The molecule has 1 aliphatic rings. The first-order chi connectivity index (χ1) is 10.3. The number of nitrogen functional groups attached to an aromatic ring is 1. The molecule has 7 heteroatoms. The topological polar surface area (TPSA) is 83.2 Å². The Morgan fingerprint density at radius 2 is 1.71 bits per heavy atom. The van der Waals surface area contributed by atoms with Crippen LogP contribution >= 0.6 is 0 Å². The van der Waals surface area contributed by atoms with E-state index in [0.717, 1.165) is 50.9 Å². The lowest BCUT2D eigenvalue weighted by Crippen LogP contribution is -2.33. The van der Waals surface area contributed by atoms with Gasteiger partial charge in [0.2, 0.25) is 17.8 Å². The molecule has 0 saturated carbocycles. The van der Waals surface area contributed by atoms with E-state index in [1.807, 2.05) is 0 Å². The zero-order chi connectivity index (χ0) is 15.1. The molecular weight excluding hydrogens is 266 g/mol. The van der Waals surface area contributed by atoms with E-state index >= 15 is 0 Å². The average Bonchev–Trinajstić information content (AvgIpc) is 2.55. The van der Waals surface area contributed by atoms with Gasteiger partial charge in [-0.15, -0.1) is 0 Å². The van der Waals surface area contributed by atoms with E-state index in [1.54, 1.807) is 0 Å². The molecule has 0 bridgehead atoms. The minimum atomic E-state index is 0.442. The Labute approximate surface area is 126 Å². The van der Waals surface area contributed by atoms with Crippen molar-refractivity contribution in [2.24, 2.45) is 5.84 Å². The van der Waals surface area contributed by atoms with Gasteiger partial charge in [0.05, 0.1) is 0 Å². The van der Waals surface area contributed by atoms with Crippen LogP contribution in [0, 0.1) is 0 Å². The summed E-state index contributed by atoms with van der Waals surface area (Å²) in [7, 11) is 0. The van der Waals surface area contributed by atoms with E-state index < -0.39 is 0 Å². The van der Waals surface area contributed by atoms with Gasteiger partial charge in [0.1, 0.15) is 0 Å². The molecule has 0 aliphatic carbocycles. The fourth-order valence-electron chi connectivity index (χ4n) is 2.65. The molecule has 1 aliphatic heterocycles. The molecule has 1 saturated heterocycles. The number of hydrogen-bond donors (Lipinski definition) is 2. The van der Waals surface area contributed by atoms with Crippen LogP contribution in [0.4, 0.5) is 17.8 Å². The van der Waals surface area contributed by atoms with Crippen LogP contribution in [0.25, 0.3) is 0 Å². The van der Waals surface area contributed by atoms with Crippen LogP contribution in [0.3, 0.4) is 0 Å². The summed E-state index contributed by atoms with van der Waals surface area (Å²) in [5.74, 6) is 7.43. The highest BCUT2D eigenvalue weighted by molar-refractivity contribution is 5.45. The van der Waals surface area contributed by atoms with Gasteiger partial charge >= 0.3 is 0 Å². The molecule has 0 atom stereocenters. The number of hydrogen-bond acceptors (Lipinski definition) is 7. The van der Waals surface area contributed by atoms with Crippen molar-refractivity contribution in [2.75, 3.05) is 41.4 Å². The lowest BCUT2D eigenvalue weighted by molar-refractivity contribution is 0.566. The quantitative estimate of drug-likeness (QED) is 0.585. The lowest BCUT2D eigenvalue weighted by Gasteiger charge is -2.28. The molecule has 0 unspecified atom stereocenters. The third-order valence-electron chi connectivity index (χ3n) is 3.65. The molecule has 118 valence electrons. The Hall–Kier alpha value is -1.63. The largest absolute Gasteiger partial charge is 0.341 e. The van der Waals surface area contributed by atoms with Crippen molar-refractivity contribution in [3.63, 3.8) is 0 Å². The molecule has 0 amide bonds. The van der Waals surface area contributed by atoms with Crippen LogP contribution in [-0.2, 0) is 0 Å². The molecular formula is C14H27N7. The number of anilines is 3. The summed E-state index contributed by atoms with van der Waals surface area (Å²) in [6.45, 7) is 8.24. The fraction of sp³-hybridized carbons (Fsp3) is 0.786. The summed E-state index contributed by atoms with van der Waals surface area (Å²) in [4.78, 5) is 18.0. The monoisotopic (exact) mass is 293 g/mol. The summed E-state index contributed by atoms with van der Waals surface area (Å²) < 4.78 is 0. The normalized spacial score (nSPS) is 15.1. The Morgan fingerprint density at radius 3 is 2.29 bits per heavy atom. The van der Waals surface area contributed by atoms with Crippen molar-refractivity contribution >= 4 is 17.8 Å². The van der Waals surface area contributed by atoms with E-state index in [2.05, 4.69) is 44.0 Å². The molecule has 1 fully saturated rings. The second-order valence-corrected chi connectivity index (χ2v) is 5.44. The van der Waals surface area contributed by atoms with Crippen molar-refractivity contribution in [1.29, 1.82) is 0 Å². The van der Waals surface area contributed by atoms with E-state index in [4.69, 9.17) is 5.84 Å². The first-order valence-electron chi connectivity index (χ1n) is 8.01. The second kappa shape index (κ2) is 7.97. The minimum absolute atomic E-state index is 0.442. The highest BCUT2D eigenvalue weighted by atomic mass is 15.4. The first kappa shape index (κ1) is 15.8. The van der Waals surface area contributed by atoms with Gasteiger partial charge in [-0.3, -0.25) is 5.43 Å². The van der Waals surface area contributed by atoms with Gasteiger partial charge in [-0.1, -0.05) is 13.8 Å². The molecule has 1 aromatic rings. The SMILES string of the molecule is CCCN(CCC)c1nc(NN)nc(N2CCCCC2)n1. The Morgan fingerprint density at radius 1 is 1.05 bits per heavy atom. The van der Waals surface area contributed by atoms with Crippen LogP contribution in [0.2, 0.25) is 0 Å². The maximum absolute atomic E-state index is 5.53. The van der Waals surface area contributed by atoms with E-state index in [9.17, 15) is 0 Å². The van der Waals surface area contributed by atoms with Gasteiger partial charge in [-0.2, -0.15) is 15.0 Å². The van der Waals surface area contributed by atoms with Gasteiger partial charge in [-0.25, -0.2) is 5.84 Å². The van der Waals surface area contributed by atoms with Crippen molar-refractivity contribution in [3.8, 4) is 0 Å². The van der Waals surface area contributed by atoms with Crippen molar-refractivity contribution in [1.82, 2.24) is 15.0 Å². The predicted molar refractivity (Wildman–Crippen MR) is 86.5 cm³/mol. The maximum Gasteiger partial charge on any atom is 0.243 e. The zero-order valence-corrected chi connectivity index (χ0v) is 13.2. The number of rotatable bonds is 7. The third-order valence-corrected chi connectivity index (χ3v) is 3.65. The highest BCUT2D eigenvalue weighted by Gasteiger charge is 2.18. The van der Waals surface area contributed by atoms with Gasteiger partial charge in [0, 0.05) is 26.2 Å². The Balaban J connectivity index is 2.26. The summed E-state index contributed by atoms with van der Waals surface area (Å²) in [6.07, 6.45) is 5.81. The molecule has 0 spiro atoms. The Kier molecular flexibility index (Phi) is 5.98. The molecule has 2 heterocycles. The summed E-state index contributed by atoms with van der Waals surface area (Å²) in [5.41, 5.74) is 2.57. The Bertz CT molecular complexity index is 425. The summed E-state index contributed by atoms with van der Waals surface area (Å²) in [6, 6.07) is 0. The van der Waals surface area contributed by atoms with Crippen molar-refractivity contribution in [2.45, 2.75) is 46.0 Å². The smallest absolute Gasteiger partial charge is 0.243 e. The van der Waals surface area contributed by atoms with E-state index in [1.165, 1.54) is 19.3 Å². The second-order valence-electron chi connectivity index (χ2n) is 5.44. The van der Waals surface area contributed by atoms with Crippen LogP contribution < -0.4 is 21.1 Å². The van der Waals surface area contributed by atoms with Gasteiger partial charge in [0.25, 0.3) is 0 Å². The van der Waals surface area contributed by atoms with Crippen molar-refractivity contribution in [3.05, 3.63) is 0 Å². The average molecular weight is 293 g/mol. The molecule has 0 radical (unpaired) electrons. The first-order valence-corrected chi connectivity index (χ1v) is 8.01. The molecule has 21 heavy (non-hydrogen) atoms. The summed E-state index contributed by atoms with van der Waals surface area (Å²) in [5, 5.41) is 0. The van der Waals surface area contributed by atoms with Gasteiger partial charge < -0.3 is 9.80 Å². The van der Waals surface area contributed by atoms with Crippen LogP contribution in [0.1, 0.15) is 46.0 Å². The molecule has 3 N–H and O–H groups in total. The highest BCUT2D eigenvalue weighted by Crippen LogP contribution is 2.20. The molecule has 1 aromatic heterocycles. The predicted octanol–water partition coefficient (Wildman–Crippen LogP) is 1.77. The van der Waals surface area contributed by atoms with Crippen LogP contribution in [0.15, 0.2) is 0 Å². The number of aromatic nitrogens is 3.